The van der Waals surface area contributed by atoms with Gasteiger partial charge in [-0.05, 0) is 74.8 Å². The predicted octanol–water partition coefficient (Wildman–Crippen LogP) is 5.35. The molecule has 1 saturated heterocycles. The SMILES string of the molecule is CCCCOc1ccc([C@@H]2C(=C(O)c3ccc4c(c3)C[C@@H](C)O4)C(=O)C(=O)N2CCN(CC)CC)cc1OCC. The van der Waals surface area contributed by atoms with E-state index in [4.69, 9.17) is 14.2 Å². The molecule has 1 fully saturated rings. The van der Waals surface area contributed by atoms with Crippen molar-refractivity contribution >= 4 is 17.4 Å². The van der Waals surface area contributed by atoms with Crippen LogP contribution in [0.3, 0.4) is 0 Å². The number of likely N-dealkylation sites (N-methyl/N-ethyl adjacent to an activating group) is 1. The lowest BCUT2D eigenvalue weighted by Crippen LogP contribution is -2.38. The number of carbonyl (C=O) groups is 2. The van der Waals surface area contributed by atoms with Crippen LogP contribution in [0.5, 0.6) is 17.2 Å². The number of hydrogen-bond acceptors (Lipinski definition) is 7. The molecule has 0 aliphatic carbocycles. The van der Waals surface area contributed by atoms with Crippen molar-refractivity contribution < 1.29 is 28.9 Å². The molecule has 8 nitrogen and oxygen atoms in total. The van der Waals surface area contributed by atoms with Crippen molar-refractivity contribution in [3.63, 3.8) is 0 Å². The Morgan fingerprint density at radius 2 is 1.82 bits per heavy atom. The number of benzene rings is 2. The monoisotopic (exact) mass is 550 g/mol. The number of likely N-dealkylation sites (tertiary alicyclic amines) is 1. The zero-order valence-electron chi connectivity index (χ0n) is 24.4. The summed E-state index contributed by atoms with van der Waals surface area (Å²) in [4.78, 5) is 30.8. The van der Waals surface area contributed by atoms with E-state index in [0.717, 1.165) is 43.7 Å². The third-order valence-corrected chi connectivity index (χ3v) is 7.60. The maximum Gasteiger partial charge on any atom is 0.295 e. The molecule has 40 heavy (non-hydrogen) atoms. The Bertz CT molecular complexity index is 1250. The number of hydrogen-bond donors (Lipinski definition) is 1. The van der Waals surface area contributed by atoms with Gasteiger partial charge in [0, 0.05) is 25.1 Å². The molecule has 216 valence electrons. The van der Waals surface area contributed by atoms with E-state index in [-0.39, 0.29) is 17.4 Å². The minimum atomic E-state index is -0.761. The highest BCUT2D eigenvalue weighted by molar-refractivity contribution is 6.46. The van der Waals surface area contributed by atoms with Gasteiger partial charge in [-0.1, -0.05) is 33.3 Å². The Morgan fingerprint density at radius 3 is 2.52 bits per heavy atom. The van der Waals surface area contributed by atoms with Gasteiger partial charge in [-0.15, -0.1) is 0 Å². The lowest BCUT2D eigenvalue weighted by atomic mass is 9.94. The molecule has 4 rings (SSSR count). The van der Waals surface area contributed by atoms with E-state index in [1.807, 2.05) is 44.2 Å². The molecule has 1 N–H and O–H groups in total. The Morgan fingerprint density at radius 1 is 1.05 bits per heavy atom. The van der Waals surface area contributed by atoms with Crippen molar-refractivity contribution in [3.05, 3.63) is 58.7 Å². The van der Waals surface area contributed by atoms with Gasteiger partial charge in [0.1, 0.15) is 17.6 Å². The van der Waals surface area contributed by atoms with Crippen LogP contribution in [0.1, 0.15) is 70.2 Å². The quantitative estimate of drug-likeness (QED) is 0.156. The third-order valence-electron chi connectivity index (χ3n) is 7.60. The van der Waals surface area contributed by atoms with Crippen LogP contribution in [-0.2, 0) is 16.0 Å². The lowest BCUT2D eigenvalue weighted by molar-refractivity contribution is -0.140. The average molecular weight is 551 g/mol. The van der Waals surface area contributed by atoms with Crippen LogP contribution < -0.4 is 14.2 Å². The highest BCUT2D eigenvalue weighted by Gasteiger charge is 2.46. The normalized spacial score (nSPS) is 19.7. The Labute approximate surface area is 237 Å². The third kappa shape index (κ3) is 6.12. The van der Waals surface area contributed by atoms with Crippen molar-refractivity contribution in [2.45, 2.75) is 66.0 Å². The van der Waals surface area contributed by atoms with Crippen molar-refractivity contribution in [2.75, 3.05) is 39.4 Å². The van der Waals surface area contributed by atoms with Crippen molar-refractivity contribution in [2.24, 2.45) is 0 Å². The van der Waals surface area contributed by atoms with E-state index in [0.29, 0.717) is 48.9 Å². The lowest BCUT2D eigenvalue weighted by Gasteiger charge is -2.28. The minimum Gasteiger partial charge on any atom is -0.507 e. The van der Waals surface area contributed by atoms with Gasteiger partial charge in [-0.3, -0.25) is 9.59 Å². The van der Waals surface area contributed by atoms with E-state index in [1.165, 1.54) is 0 Å². The van der Waals surface area contributed by atoms with E-state index in [2.05, 4.69) is 25.7 Å². The molecular weight excluding hydrogens is 508 g/mol. The Kier molecular flexibility index (Phi) is 9.74. The molecule has 0 spiro atoms. The number of aliphatic hydroxyl groups is 1. The number of rotatable bonds is 13. The summed E-state index contributed by atoms with van der Waals surface area (Å²) in [6, 6.07) is 10.2. The number of unbranched alkanes of at least 4 members (excludes halogenated alkanes) is 1. The molecule has 0 bridgehead atoms. The Balaban J connectivity index is 1.79. The largest absolute Gasteiger partial charge is 0.507 e. The van der Waals surface area contributed by atoms with Crippen LogP contribution in [0.25, 0.3) is 5.76 Å². The maximum atomic E-state index is 13.5. The number of amides is 1. The topological polar surface area (TPSA) is 88.5 Å². The smallest absolute Gasteiger partial charge is 0.295 e. The number of carbonyl (C=O) groups excluding carboxylic acids is 2. The zero-order valence-corrected chi connectivity index (χ0v) is 24.4. The van der Waals surface area contributed by atoms with E-state index < -0.39 is 17.7 Å². The predicted molar refractivity (Wildman–Crippen MR) is 155 cm³/mol. The first kappa shape index (κ1) is 29.5. The van der Waals surface area contributed by atoms with Crippen molar-refractivity contribution in [1.82, 2.24) is 9.80 Å². The van der Waals surface area contributed by atoms with Crippen molar-refractivity contribution in [1.29, 1.82) is 0 Å². The fraction of sp³-hybridized carbons (Fsp3) is 0.500. The van der Waals surface area contributed by atoms with Gasteiger partial charge >= 0.3 is 0 Å². The molecule has 2 aromatic rings. The summed E-state index contributed by atoms with van der Waals surface area (Å²) in [6.07, 6.45) is 2.70. The Hall–Kier alpha value is -3.52. The van der Waals surface area contributed by atoms with Gasteiger partial charge in [-0.2, -0.15) is 0 Å². The van der Waals surface area contributed by atoms with Crippen molar-refractivity contribution in [3.8, 4) is 17.2 Å². The molecule has 2 atom stereocenters. The second-order valence-corrected chi connectivity index (χ2v) is 10.3. The molecular formula is C32H42N2O6. The first-order chi connectivity index (χ1) is 19.3. The summed E-state index contributed by atoms with van der Waals surface area (Å²) in [6.45, 7) is 13.8. The summed E-state index contributed by atoms with van der Waals surface area (Å²) < 4.78 is 17.7. The summed E-state index contributed by atoms with van der Waals surface area (Å²) >= 11 is 0. The summed E-state index contributed by atoms with van der Waals surface area (Å²) in [5.74, 6) is 0.463. The van der Waals surface area contributed by atoms with Gasteiger partial charge in [0.15, 0.2) is 11.5 Å². The van der Waals surface area contributed by atoms with Gasteiger partial charge in [0.05, 0.1) is 24.8 Å². The summed E-state index contributed by atoms with van der Waals surface area (Å²) in [5.41, 5.74) is 2.23. The number of Topliss-reactive ketones (excluding diaryl/α,β-unsaturated/α-hetero) is 1. The summed E-state index contributed by atoms with van der Waals surface area (Å²) in [7, 11) is 0. The maximum absolute atomic E-state index is 13.5. The van der Waals surface area contributed by atoms with Gasteiger partial charge in [-0.25, -0.2) is 0 Å². The van der Waals surface area contributed by atoms with Crippen LogP contribution in [0.4, 0.5) is 0 Å². The van der Waals surface area contributed by atoms with Crippen LogP contribution in [0, 0.1) is 0 Å². The van der Waals surface area contributed by atoms with E-state index in [1.54, 1.807) is 11.0 Å². The molecule has 2 heterocycles. The second kappa shape index (κ2) is 13.2. The summed E-state index contributed by atoms with van der Waals surface area (Å²) in [5, 5.41) is 11.6. The highest BCUT2D eigenvalue weighted by atomic mass is 16.5. The van der Waals surface area contributed by atoms with Crippen LogP contribution in [-0.4, -0.2) is 72.1 Å². The first-order valence-corrected chi connectivity index (χ1v) is 14.5. The van der Waals surface area contributed by atoms with Gasteiger partial charge in [0.25, 0.3) is 11.7 Å². The van der Waals surface area contributed by atoms with E-state index in [9.17, 15) is 14.7 Å². The minimum absolute atomic E-state index is 0.0492. The molecule has 0 aromatic heterocycles. The molecule has 2 aromatic carbocycles. The van der Waals surface area contributed by atoms with E-state index >= 15 is 0 Å². The average Bonchev–Trinajstić information content (AvgIpc) is 3.45. The standard InChI is InChI=1S/C32H42N2O6/c1-6-10-17-39-26-14-11-22(20-27(26)38-9-4)29-28(31(36)32(37)34(29)16-15-33(7-2)8-3)30(35)23-12-13-25-24(19-23)18-21(5)40-25/h11-14,19-21,29,35H,6-10,15-18H2,1-5H3/t21-,29-/m1/s1. The molecule has 8 heteroatoms. The van der Waals surface area contributed by atoms with Gasteiger partial charge in [0.2, 0.25) is 0 Å². The number of ketones is 1. The van der Waals surface area contributed by atoms with Crippen LogP contribution >= 0.6 is 0 Å². The molecule has 1 amide bonds. The molecule has 0 unspecified atom stereocenters. The zero-order chi connectivity index (χ0) is 28.8. The molecule has 2 aliphatic heterocycles. The molecule has 0 radical (unpaired) electrons. The molecule has 0 saturated carbocycles. The second-order valence-electron chi connectivity index (χ2n) is 10.3. The number of aliphatic hydroxyl groups excluding tert-OH is 1. The number of fused-ring (bicyclic) bond motifs is 1. The number of nitrogens with zero attached hydrogens (tertiary/aromatic N) is 2. The molecule has 2 aliphatic rings. The number of ether oxygens (including phenoxy) is 3. The van der Waals surface area contributed by atoms with Crippen LogP contribution in [0.2, 0.25) is 0 Å². The first-order valence-electron chi connectivity index (χ1n) is 14.5. The van der Waals surface area contributed by atoms with Gasteiger partial charge < -0.3 is 29.1 Å². The fourth-order valence-corrected chi connectivity index (χ4v) is 5.38. The highest BCUT2D eigenvalue weighted by Crippen LogP contribution is 2.42. The fourth-order valence-electron chi connectivity index (χ4n) is 5.38. The van der Waals surface area contributed by atoms with Crippen LogP contribution in [0.15, 0.2) is 42.0 Å².